The highest BCUT2D eigenvalue weighted by atomic mass is 16.6. The molecule has 1 atom stereocenters. The van der Waals surface area contributed by atoms with Crippen molar-refractivity contribution in [3.8, 4) is 0 Å². The van der Waals surface area contributed by atoms with Gasteiger partial charge in [0.05, 0.1) is 7.11 Å². The number of rotatable bonds is 3. The Labute approximate surface area is 181 Å². The minimum absolute atomic E-state index is 0.267. The number of nitrogens with zero attached hydrogens (tertiary/aromatic N) is 2. The summed E-state index contributed by atoms with van der Waals surface area (Å²) >= 11 is 0. The number of carbonyl (C=O) groups is 3. The van der Waals surface area contributed by atoms with E-state index in [2.05, 4.69) is 22.4 Å². The van der Waals surface area contributed by atoms with Gasteiger partial charge in [-0.15, -0.1) is 0 Å². The molecule has 0 radical (unpaired) electrons. The molecule has 1 saturated heterocycles. The van der Waals surface area contributed by atoms with Crippen molar-refractivity contribution in [2.45, 2.75) is 45.1 Å². The zero-order valence-corrected chi connectivity index (χ0v) is 18.3. The first-order valence-corrected chi connectivity index (χ1v) is 10.1. The lowest BCUT2D eigenvalue weighted by molar-refractivity contribution is -0.440. The van der Waals surface area contributed by atoms with Crippen LogP contribution in [0.1, 0.15) is 45.1 Å². The predicted octanol–water partition coefficient (Wildman–Crippen LogP) is 0.762. The van der Waals surface area contributed by atoms with Crippen LogP contribution in [0.25, 0.3) is 0 Å². The number of quaternary nitrogens is 1. The van der Waals surface area contributed by atoms with E-state index in [-0.39, 0.29) is 12.0 Å². The third-order valence-electron chi connectivity index (χ3n) is 4.78. The van der Waals surface area contributed by atoms with Gasteiger partial charge in [-0.25, -0.2) is 9.59 Å². The van der Waals surface area contributed by atoms with Crippen LogP contribution in [0.4, 0.5) is 21.0 Å². The molecule has 0 aromatic heterocycles. The van der Waals surface area contributed by atoms with E-state index in [1.165, 1.54) is 12.7 Å². The Morgan fingerprint density at radius 2 is 2.10 bits per heavy atom. The lowest BCUT2D eigenvalue weighted by Crippen LogP contribution is -2.82. The smallest absolute Gasteiger partial charge is 0.409 e. The number of piperidine rings is 1. The normalized spacial score (nSPS) is 17.5. The van der Waals surface area contributed by atoms with Crippen molar-refractivity contribution in [3.63, 3.8) is 0 Å². The number of ether oxygens (including phenoxy) is 2. The monoisotopic (exact) mass is 434 g/mol. The zero-order chi connectivity index (χ0) is 23.0. The summed E-state index contributed by atoms with van der Waals surface area (Å²) in [5, 5.41) is 13.0. The van der Waals surface area contributed by atoms with Crippen molar-refractivity contribution in [3.05, 3.63) is 23.8 Å². The number of alkyl carbamates (subject to hydrolysis) is 1. The maximum atomic E-state index is 11.8. The molecule has 0 bridgehead atoms. The van der Waals surface area contributed by atoms with Crippen LogP contribution in [0.2, 0.25) is 0 Å². The number of benzene rings is 1. The van der Waals surface area contributed by atoms with Crippen molar-refractivity contribution in [1.82, 2.24) is 10.2 Å². The second-order valence-corrected chi connectivity index (χ2v) is 8.27. The van der Waals surface area contributed by atoms with E-state index in [1.54, 1.807) is 4.90 Å². The molecule has 2 aliphatic heterocycles. The fraction of sp³-hybridized carbons (Fsp3) is 0.524. The first-order valence-electron chi connectivity index (χ1n) is 10.1. The van der Waals surface area contributed by atoms with Crippen molar-refractivity contribution >= 4 is 35.9 Å². The van der Waals surface area contributed by atoms with Crippen molar-refractivity contribution in [1.29, 1.82) is 0 Å². The van der Waals surface area contributed by atoms with Gasteiger partial charge in [0, 0.05) is 31.5 Å². The van der Waals surface area contributed by atoms with E-state index in [1.807, 2.05) is 32.2 Å². The summed E-state index contributed by atoms with van der Waals surface area (Å²) in [4.78, 5) is 38.2. The average molecular weight is 434 g/mol. The van der Waals surface area contributed by atoms with Gasteiger partial charge < -0.3 is 29.6 Å². The Bertz CT molecular complexity index is 834. The van der Waals surface area contributed by atoms with E-state index in [9.17, 15) is 9.59 Å². The summed E-state index contributed by atoms with van der Waals surface area (Å²) in [6.07, 6.45) is 1.28. The van der Waals surface area contributed by atoms with Crippen LogP contribution in [0.5, 0.6) is 0 Å². The second-order valence-electron chi connectivity index (χ2n) is 8.27. The molecule has 1 unspecified atom stereocenters. The largest absolute Gasteiger partial charge is 0.554 e. The van der Waals surface area contributed by atoms with E-state index in [0.29, 0.717) is 13.1 Å². The zero-order valence-electron chi connectivity index (χ0n) is 18.3. The molecular formula is C21H30N4O6. The standard InChI is InChI=1S/C20H28N4O4.CH2O2/c1-20(2,3)28-18(25)21-11-17-22-15-8-7-13(10-16(15)23-17)14-6-5-9-24(12-14)19(26)27-4;2-1-3/h7-8,10,14H,5-6,9,11-12H2,1-4H3,(H,21,25)(H,22,23);1H,(H,2,3). The number of fused-ring (bicyclic) bond motifs is 1. The summed E-state index contributed by atoms with van der Waals surface area (Å²) in [5.74, 6) is 1.08. The number of likely N-dealkylation sites (tertiary alicyclic amines) is 1. The topological polar surface area (TPSA) is 137 Å². The van der Waals surface area contributed by atoms with E-state index in [4.69, 9.17) is 19.4 Å². The molecule has 2 aliphatic rings. The molecule has 0 spiro atoms. The van der Waals surface area contributed by atoms with Crippen molar-refractivity contribution in [2.24, 2.45) is 4.99 Å². The number of nitrogens with two attached hydrogens (primary N) is 1. The fourth-order valence-corrected chi connectivity index (χ4v) is 3.52. The number of nitrogens with one attached hydrogen (secondary N) is 1. The van der Waals surface area contributed by atoms with E-state index < -0.39 is 18.2 Å². The quantitative estimate of drug-likeness (QED) is 0.532. The molecule has 10 heteroatoms. The third-order valence-corrected chi connectivity index (χ3v) is 4.78. The Balaban J connectivity index is 0.00000107. The van der Waals surface area contributed by atoms with E-state index >= 15 is 0 Å². The van der Waals surface area contributed by atoms with Crippen molar-refractivity contribution < 1.29 is 34.3 Å². The Kier molecular flexibility index (Phi) is 8.38. The highest BCUT2D eigenvalue weighted by Gasteiger charge is 2.28. The molecule has 2 heterocycles. The molecule has 0 aliphatic carbocycles. The number of carboxylic acid groups (broad SMARTS) is 1. The Morgan fingerprint density at radius 3 is 2.74 bits per heavy atom. The molecule has 170 valence electrons. The van der Waals surface area contributed by atoms with Crippen molar-refractivity contribution in [2.75, 3.05) is 26.7 Å². The van der Waals surface area contributed by atoms with Crippen LogP contribution in [0.15, 0.2) is 23.2 Å². The summed E-state index contributed by atoms with van der Waals surface area (Å²) in [6.45, 7) is 6.71. The number of aliphatic imine (C=N–C) groups is 1. The van der Waals surface area contributed by atoms with Gasteiger partial charge in [-0.3, -0.25) is 5.32 Å². The van der Waals surface area contributed by atoms with E-state index in [0.717, 1.165) is 36.6 Å². The van der Waals surface area contributed by atoms with Gasteiger partial charge >= 0.3 is 12.2 Å². The van der Waals surface area contributed by atoms with Gasteiger partial charge in [0.15, 0.2) is 5.69 Å². The third kappa shape index (κ3) is 7.25. The summed E-state index contributed by atoms with van der Waals surface area (Å²) in [6, 6.07) is 6.20. The molecule has 0 saturated carbocycles. The van der Waals surface area contributed by atoms with Gasteiger partial charge in [0.1, 0.15) is 17.8 Å². The Morgan fingerprint density at radius 1 is 1.39 bits per heavy atom. The molecule has 10 nitrogen and oxygen atoms in total. The summed E-state index contributed by atoms with van der Waals surface area (Å²) in [7, 11) is 1.42. The molecule has 2 amide bonds. The van der Waals surface area contributed by atoms with Gasteiger partial charge in [-0.05, 0) is 45.2 Å². The molecular weight excluding hydrogens is 404 g/mol. The van der Waals surface area contributed by atoms with Crippen LogP contribution in [-0.2, 0) is 14.3 Å². The minimum atomic E-state index is -0.527. The lowest BCUT2D eigenvalue weighted by Gasteiger charge is -2.31. The molecule has 31 heavy (non-hydrogen) atoms. The van der Waals surface area contributed by atoms with Gasteiger partial charge in [0.25, 0.3) is 0 Å². The Hall–Kier alpha value is -3.14. The molecule has 1 aromatic carbocycles. The summed E-state index contributed by atoms with van der Waals surface area (Å²) < 4.78 is 10.1. The van der Waals surface area contributed by atoms with Crippen LogP contribution in [0.3, 0.4) is 0 Å². The number of amidine groups is 1. The maximum absolute atomic E-state index is 11.8. The highest BCUT2D eigenvalue weighted by Crippen LogP contribution is 2.32. The van der Waals surface area contributed by atoms with Crippen LogP contribution < -0.4 is 15.7 Å². The first-order chi connectivity index (χ1) is 14.7. The van der Waals surface area contributed by atoms with Gasteiger partial charge in [-0.1, -0.05) is 6.07 Å². The second kappa shape index (κ2) is 10.8. The summed E-state index contributed by atoms with van der Waals surface area (Å²) in [5.41, 5.74) is 2.60. The number of hydrogen-bond donors (Lipinski definition) is 2. The highest BCUT2D eigenvalue weighted by molar-refractivity contribution is 5.88. The number of amides is 2. The minimum Gasteiger partial charge on any atom is -0.554 e. The molecule has 1 aromatic rings. The van der Waals surface area contributed by atoms with Crippen LogP contribution >= 0.6 is 0 Å². The fourth-order valence-electron chi connectivity index (χ4n) is 3.52. The lowest BCUT2D eigenvalue weighted by atomic mass is 9.90. The van der Waals surface area contributed by atoms with Gasteiger partial charge in [0.2, 0.25) is 5.84 Å². The van der Waals surface area contributed by atoms with Gasteiger partial charge in [-0.2, -0.15) is 4.99 Å². The average Bonchev–Trinajstić information content (AvgIpc) is 3.13. The maximum Gasteiger partial charge on any atom is 0.409 e. The first kappa shape index (κ1) is 24.1. The SMILES string of the molecule is COC(=O)N1CCCC(c2ccc3c(c2)[NH2+]C(CNC(=O)OC(C)(C)C)=N3)C1.O=C[O-]. The molecule has 1 fully saturated rings. The number of hydrogen-bond acceptors (Lipinski definition) is 7. The van der Waals surface area contributed by atoms with Crippen LogP contribution in [-0.4, -0.2) is 61.7 Å². The number of methoxy groups -OCH3 is 1. The predicted molar refractivity (Wildman–Crippen MR) is 111 cm³/mol. The molecule has 3 rings (SSSR count). The molecule has 3 N–H and O–H groups in total. The number of carbonyl (C=O) groups excluding carboxylic acids is 3. The van der Waals surface area contributed by atoms with Crippen LogP contribution in [0, 0.1) is 0 Å².